The standard InChI is InChI=1S/C20H20N2O4/c1-13(2)25-20(24)16-6-8-17(9-7-16)22-19(23)14(3)26-18-10-4-15(12-21)5-11-18/h4-11,13-14H,1-3H3,(H,22,23). The summed E-state index contributed by atoms with van der Waals surface area (Å²) >= 11 is 0. The van der Waals surface area contributed by atoms with E-state index in [1.54, 1.807) is 69.3 Å². The van der Waals surface area contributed by atoms with Gasteiger partial charge in [0.2, 0.25) is 0 Å². The Hall–Kier alpha value is -3.33. The molecule has 1 N–H and O–H groups in total. The van der Waals surface area contributed by atoms with Gasteiger partial charge in [-0.1, -0.05) is 0 Å². The van der Waals surface area contributed by atoms with Gasteiger partial charge in [-0.25, -0.2) is 4.79 Å². The number of nitriles is 1. The topological polar surface area (TPSA) is 88.4 Å². The predicted molar refractivity (Wildman–Crippen MR) is 96.9 cm³/mol. The van der Waals surface area contributed by atoms with Crippen molar-refractivity contribution in [1.82, 2.24) is 0 Å². The van der Waals surface area contributed by atoms with Gasteiger partial charge in [0.15, 0.2) is 6.10 Å². The highest BCUT2D eigenvalue weighted by molar-refractivity contribution is 5.95. The minimum Gasteiger partial charge on any atom is -0.481 e. The molecule has 0 aliphatic rings. The number of nitrogens with one attached hydrogen (secondary N) is 1. The summed E-state index contributed by atoms with van der Waals surface area (Å²) < 4.78 is 10.7. The van der Waals surface area contributed by atoms with E-state index in [9.17, 15) is 9.59 Å². The lowest BCUT2D eigenvalue weighted by molar-refractivity contribution is -0.122. The van der Waals surface area contributed by atoms with Crippen LogP contribution in [-0.2, 0) is 9.53 Å². The maximum Gasteiger partial charge on any atom is 0.338 e. The van der Waals surface area contributed by atoms with Crippen LogP contribution in [0.2, 0.25) is 0 Å². The number of amides is 1. The number of esters is 1. The lowest BCUT2D eigenvalue weighted by Crippen LogP contribution is -2.30. The van der Waals surface area contributed by atoms with Crippen LogP contribution in [0.5, 0.6) is 5.75 Å². The molecular weight excluding hydrogens is 332 g/mol. The maximum atomic E-state index is 12.2. The molecule has 0 spiro atoms. The van der Waals surface area contributed by atoms with E-state index < -0.39 is 12.1 Å². The van der Waals surface area contributed by atoms with Crippen molar-refractivity contribution in [1.29, 1.82) is 5.26 Å². The van der Waals surface area contributed by atoms with E-state index in [-0.39, 0.29) is 12.0 Å². The molecule has 0 saturated heterocycles. The Balaban J connectivity index is 1.93. The van der Waals surface area contributed by atoms with Crippen LogP contribution in [-0.4, -0.2) is 24.1 Å². The number of benzene rings is 2. The first kappa shape index (κ1) is 19.0. The Morgan fingerprint density at radius 2 is 1.62 bits per heavy atom. The fraction of sp³-hybridized carbons (Fsp3) is 0.250. The number of ether oxygens (including phenoxy) is 2. The molecular formula is C20H20N2O4. The zero-order chi connectivity index (χ0) is 19.1. The van der Waals surface area contributed by atoms with Gasteiger partial charge in [0, 0.05) is 5.69 Å². The van der Waals surface area contributed by atoms with E-state index in [1.165, 1.54) is 0 Å². The van der Waals surface area contributed by atoms with Gasteiger partial charge >= 0.3 is 5.97 Å². The third kappa shape index (κ3) is 5.35. The summed E-state index contributed by atoms with van der Waals surface area (Å²) in [4.78, 5) is 24.0. The van der Waals surface area contributed by atoms with Gasteiger partial charge in [-0.15, -0.1) is 0 Å². The molecule has 6 heteroatoms. The van der Waals surface area contributed by atoms with Crippen LogP contribution in [0.15, 0.2) is 48.5 Å². The molecule has 0 bridgehead atoms. The van der Waals surface area contributed by atoms with Crippen molar-refractivity contribution in [3.63, 3.8) is 0 Å². The van der Waals surface area contributed by atoms with Crippen LogP contribution in [0.3, 0.4) is 0 Å². The summed E-state index contributed by atoms with van der Waals surface area (Å²) in [5.74, 6) is -0.235. The van der Waals surface area contributed by atoms with Crippen molar-refractivity contribution >= 4 is 17.6 Å². The van der Waals surface area contributed by atoms with Crippen LogP contribution in [0, 0.1) is 11.3 Å². The van der Waals surface area contributed by atoms with Gasteiger partial charge < -0.3 is 14.8 Å². The van der Waals surface area contributed by atoms with Crippen molar-refractivity contribution in [2.45, 2.75) is 33.0 Å². The first-order valence-electron chi connectivity index (χ1n) is 8.17. The molecule has 0 aliphatic carbocycles. The van der Waals surface area contributed by atoms with E-state index in [2.05, 4.69) is 5.32 Å². The number of anilines is 1. The van der Waals surface area contributed by atoms with Crippen LogP contribution >= 0.6 is 0 Å². The second-order valence-corrected chi connectivity index (χ2v) is 5.92. The molecule has 1 unspecified atom stereocenters. The van der Waals surface area contributed by atoms with Gasteiger partial charge in [-0.05, 0) is 69.3 Å². The number of hydrogen-bond donors (Lipinski definition) is 1. The second kappa shape index (κ2) is 8.67. The number of hydrogen-bond acceptors (Lipinski definition) is 5. The van der Waals surface area contributed by atoms with E-state index in [4.69, 9.17) is 14.7 Å². The molecule has 2 aromatic rings. The lowest BCUT2D eigenvalue weighted by atomic mass is 10.2. The molecule has 0 saturated carbocycles. The molecule has 0 aromatic heterocycles. The molecule has 0 heterocycles. The van der Waals surface area contributed by atoms with E-state index in [0.29, 0.717) is 22.6 Å². The first-order chi connectivity index (χ1) is 12.4. The predicted octanol–water partition coefficient (Wildman–Crippen LogP) is 3.53. The molecule has 1 atom stereocenters. The van der Waals surface area contributed by atoms with Crippen molar-refractivity contribution in [3.05, 3.63) is 59.7 Å². The Kier molecular flexibility index (Phi) is 6.34. The average Bonchev–Trinajstić information content (AvgIpc) is 2.62. The molecule has 134 valence electrons. The Bertz CT molecular complexity index is 805. The van der Waals surface area contributed by atoms with Crippen molar-refractivity contribution in [2.24, 2.45) is 0 Å². The van der Waals surface area contributed by atoms with Gasteiger partial charge in [-0.3, -0.25) is 4.79 Å². The summed E-state index contributed by atoms with van der Waals surface area (Å²) in [5, 5.41) is 11.5. The zero-order valence-electron chi connectivity index (χ0n) is 14.9. The van der Waals surface area contributed by atoms with Crippen molar-refractivity contribution < 1.29 is 19.1 Å². The van der Waals surface area contributed by atoms with Crippen LogP contribution in [0.4, 0.5) is 5.69 Å². The maximum absolute atomic E-state index is 12.2. The monoisotopic (exact) mass is 352 g/mol. The molecule has 6 nitrogen and oxygen atoms in total. The molecule has 0 radical (unpaired) electrons. The summed E-state index contributed by atoms with van der Waals surface area (Å²) in [6, 6.07) is 15.0. The molecule has 0 aliphatic heterocycles. The fourth-order valence-electron chi connectivity index (χ4n) is 2.08. The average molecular weight is 352 g/mol. The van der Waals surface area contributed by atoms with Crippen molar-refractivity contribution in [2.75, 3.05) is 5.32 Å². The Morgan fingerprint density at radius 3 is 2.15 bits per heavy atom. The van der Waals surface area contributed by atoms with Gasteiger partial charge in [-0.2, -0.15) is 5.26 Å². The highest BCUT2D eigenvalue weighted by atomic mass is 16.5. The lowest BCUT2D eigenvalue weighted by Gasteiger charge is -2.15. The Labute approximate surface area is 152 Å². The molecule has 2 aromatic carbocycles. The number of carbonyl (C=O) groups excluding carboxylic acids is 2. The number of carbonyl (C=O) groups is 2. The summed E-state index contributed by atoms with van der Waals surface area (Å²) in [6.45, 7) is 5.19. The third-order valence-corrected chi connectivity index (χ3v) is 3.40. The van der Waals surface area contributed by atoms with Crippen molar-refractivity contribution in [3.8, 4) is 11.8 Å². The quantitative estimate of drug-likeness (QED) is 0.804. The molecule has 1 amide bonds. The summed E-state index contributed by atoms with van der Waals surface area (Å²) in [5.41, 5.74) is 1.48. The normalized spacial score (nSPS) is 11.3. The molecule has 0 fully saturated rings. The Morgan fingerprint density at radius 1 is 1.00 bits per heavy atom. The van der Waals surface area contributed by atoms with E-state index >= 15 is 0 Å². The van der Waals surface area contributed by atoms with Crippen LogP contribution in [0.25, 0.3) is 0 Å². The van der Waals surface area contributed by atoms with Gasteiger partial charge in [0.25, 0.3) is 5.91 Å². The highest BCUT2D eigenvalue weighted by Gasteiger charge is 2.15. The summed E-state index contributed by atoms with van der Waals surface area (Å²) in [7, 11) is 0. The number of nitrogens with zero attached hydrogens (tertiary/aromatic N) is 1. The van der Waals surface area contributed by atoms with Gasteiger partial charge in [0.05, 0.1) is 23.3 Å². The number of rotatable bonds is 6. The first-order valence-corrected chi connectivity index (χ1v) is 8.17. The highest BCUT2D eigenvalue weighted by Crippen LogP contribution is 2.15. The third-order valence-electron chi connectivity index (χ3n) is 3.40. The molecule has 26 heavy (non-hydrogen) atoms. The van der Waals surface area contributed by atoms with Crippen LogP contribution < -0.4 is 10.1 Å². The van der Waals surface area contributed by atoms with E-state index in [0.717, 1.165) is 0 Å². The SMILES string of the molecule is CC(C)OC(=O)c1ccc(NC(=O)C(C)Oc2ccc(C#N)cc2)cc1. The fourth-order valence-corrected chi connectivity index (χ4v) is 2.08. The smallest absolute Gasteiger partial charge is 0.338 e. The molecule has 2 rings (SSSR count). The van der Waals surface area contributed by atoms with Gasteiger partial charge in [0.1, 0.15) is 5.75 Å². The second-order valence-electron chi connectivity index (χ2n) is 5.92. The summed E-state index contributed by atoms with van der Waals surface area (Å²) in [6.07, 6.45) is -0.921. The van der Waals surface area contributed by atoms with E-state index in [1.807, 2.05) is 6.07 Å². The van der Waals surface area contributed by atoms with Crippen LogP contribution in [0.1, 0.15) is 36.7 Å². The largest absolute Gasteiger partial charge is 0.481 e. The minimum absolute atomic E-state index is 0.192. The zero-order valence-corrected chi connectivity index (χ0v) is 14.9. The minimum atomic E-state index is -0.728.